The van der Waals surface area contributed by atoms with Crippen LogP contribution in [-0.4, -0.2) is 22.6 Å². The monoisotopic (exact) mass is 276 g/mol. The number of rotatable bonds is 4. The van der Waals surface area contributed by atoms with Crippen LogP contribution < -0.4 is 10.6 Å². The highest BCUT2D eigenvalue weighted by Gasteiger charge is 2.13. The van der Waals surface area contributed by atoms with Gasteiger partial charge in [0.05, 0.1) is 5.56 Å². The minimum atomic E-state index is -0.174. The first-order chi connectivity index (χ1) is 9.10. The molecule has 0 atom stereocenters. The molecule has 1 heterocycles. The highest BCUT2D eigenvalue weighted by molar-refractivity contribution is 7.15. The molecule has 100 valence electrons. The zero-order valence-corrected chi connectivity index (χ0v) is 12.0. The predicted molar refractivity (Wildman–Crippen MR) is 77.9 cm³/mol. The second-order valence-corrected chi connectivity index (χ2v) is 5.34. The van der Waals surface area contributed by atoms with Crippen molar-refractivity contribution >= 4 is 28.1 Å². The molecule has 5 nitrogen and oxygen atoms in total. The molecular formula is C13H16N4OS. The molecule has 0 saturated carbocycles. The Morgan fingerprint density at radius 3 is 2.74 bits per heavy atom. The molecule has 2 rings (SSSR count). The fourth-order valence-corrected chi connectivity index (χ4v) is 2.29. The molecule has 19 heavy (non-hydrogen) atoms. The Kier molecular flexibility index (Phi) is 4.11. The summed E-state index contributed by atoms with van der Waals surface area (Å²) in [5, 5.41) is 15.1. The van der Waals surface area contributed by atoms with Gasteiger partial charge in [-0.25, -0.2) is 0 Å². The summed E-state index contributed by atoms with van der Waals surface area (Å²) < 4.78 is 0. The highest BCUT2D eigenvalue weighted by Crippen LogP contribution is 2.20. The summed E-state index contributed by atoms with van der Waals surface area (Å²) in [6.07, 6.45) is 0. The fourth-order valence-electron chi connectivity index (χ4n) is 1.70. The van der Waals surface area contributed by atoms with Gasteiger partial charge >= 0.3 is 0 Å². The lowest BCUT2D eigenvalue weighted by molar-refractivity contribution is 0.102. The molecule has 0 fully saturated rings. The van der Waals surface area contributed by atoms with Crippen molar-refractivity contribution < 1.29 is 4.79 Å². The zero-order valence-electron chi connectivity index (χ0n) is 11.2. The maximum absolute atomic E-state index is 12.2. The molecule has 0 radical (unpaired) electrons. The molecular weight excluding hydrogens is 260 g/mol. The summed E-state index contributed by atoms with van der Waals surface area (Å²) in [7, 11) is 0. The van der Waals surface area contributed by atoms with Crippen LogP contribution in [0.1, 0.15) is 27.9 Å². The number of hydrogen-bond acceptors (Lipinski definition) is 5. The van der Waals surface area contributed by atoms with E-state index in [2.05, 4.69) is 20.8 Å². The van der Waals surface area contributed by atoms with Gasteiger partial charge < -0.3 is 5.32 Å². The van der Waals surface area contributed by atoms with Gasteiger partial charge in [0.2, 0.25) is 5.13 Å². The lowest BCUT2D eigenvalue weighted by Gasteiger charge is -2.10. The van der Waals surface area contributed by atoms with Gasteiger partial charge in [-0.2, -0.15) is 0 Å². The number of carbonyl (C=O) groups excluding carboxylic acids is 1. The third kappa shape index (κ3) is 3.29. The van der Waals surface area contributed by atoms with Crippen LogP contribution in [0.2, 0.25) is 0 Å². The number of nitrogens with zero attached hydrogens (tertiary/aromatic N) is 2. The van der Waals surface area contributed by atoms with E-state index in [0.29, 0.717) is 10.7 Å². The number of hydrogen-bond donors (Lipinski definition) is 2. The topological polar surface area (TPSA) is 66.9 Å². The van der Waals surface area contributed by atoms with E-state index < -0.39 is 0 Å². The summed E-state index contributed by atoms with van der Waals surface area (Å²) in [5.74, 6) is -0.174. The normalized spacial score (nSPS) is 10.3. The number of aryl methyl sites for hydroxylation is 2. The number of anilines is 2. The van der Waals surface area contributed by atoms with E-state index in [4.69, 9.17) is 0 Å². The van der Waals surface area contributed by atoms with E-state index in [1.54, 1.807) is 0 Å². The van der Waals surface area contributed by atoms with Gasteiger partial charge in [-0.15, -0.1) is 10.2 Å². The lowest BCUT2D eigenvalue weighted by Crippen LogP contribution is -2.14. The molecule has 0 aliphatic heterocycles. The Morgan fingerprint density at radius 2 is 2.11 bits per heavy atom. The van der Waals surface area contributed by atoms with E-state index >= 15 is 0 Å². The third-order valence-corrected chi connectivity index (χ3v) is 3.29. The Morgan fingerprint density at radius 1 is 1.32 bits per heavy atom. The molecule has 1 aromatic heterocycles. The van der Waals surface area contributed by atoms with Crippen molar-refractivity contribution in [2.45, 2.75) is 20.8 Å². The van der Waals surface area contributed by atoms with Crippen LogP contribution in [0.3, 0.4) is 0 Å². The molecule has 0 spiro atoms. The van der Waals surface area contributed by atoms with E-state index in [1.807, 2.05) is 39.0 Å². The van der Waals surface area contributed by atoms with Crippen LogP contribution in [0.4, 0.5) is 10.8 Å². The smallest absolute Gasteiger partial charge is 0.259 e. The average molecular weight is 276 g/mol. The van der Waals surface area contributed by atoms with Crippen molar-refractivity contribution in [3.8, 4) is 0 Å². The third-order valence-electron chi connectivity index (χ3n) is 2.53. The summed E-state index contributed by atoms with van der Waals surface area (Å²) in [6.45, 7) is 6.61. The second kappa shape index (κ2) is 5.79. The lowest BCUT2D eigenvalue weighted by atomic mass is 10.1. The maximum Gasteiger partial charge on any atom is 0.259 e. The average Bonchev–Trinajstić information content (AvgIpc) is 2.75. The molecule has 1 aromatic carbocycles. The van der Waals surface area contributed by atoms with Crippen molar-refractivity contribution in [3.05, 3.63) is 34.3 Å². The molecule has 0 unspecified atom stereocenters. The van der Waals surface area contributed by atoms with Gasteiger partial charge in [-0.05, 0) is 38.5 Å². The standard InChI is InChI=1S/C13H16N4OS/c1-4-14-11-7-8(2)5-6-10(11)12(18)15-13-17-16-9(3)19-13/h5-7,14H,4H2,1-3H3,(H,15,17,18). The second-order valence-electron chi connectivity index (χ2n) is 4.16. The largest absolute Gasteiger partial charge is 0.385 e. The van der Waals surface area contributed by atoms with Crippen LogP contribution in [-0.2, 0) is 0 Å². The summed E-state index contributed by atoms with van der Waals surface area (Å²) in [4.78, 5) is 12.2. The number of nitrogens with one attached hydrogen (secondary N) is 2. The Bertz CT molecular complexity index is 594. The molecule has 2 aromatic rings. The van der Waals surface area contributed by atoms with Crippen molar-refractivity contribution in [1.82, 2.24) is 10.2 Å². The molecule has 0 bridgehead atoms. The molecule has 0 saturated heterocycles. The van der Waals surface area contributed by atoms with E-state index in [-0.39, 0.29) is 5.91 Å². The van der Waals surface area contributed by atoms with Crippen LogP contribution in [0.15, 0.2) is 18.2 Å². The Labute approximate surface area is 116 Å². The van der Waals surface area contributed by atoms with Crippen LogP contribution in [0, 0.1) is 13.8 Å². The first-order valence-corrected chi connectivity index (χ1v) is 6.87. The summed E-state index contributed by atoms with van der Waals surface area (Å²) >= 11 is 1.36. The number of amides is 1. The molecule has 6 heteroatoms. The number of carbonyl (C=O) groups is 1. The van der Waals surface area contributed by atoms with Gasteiger partial charge in [0.15, 0.2) is 0 Å². The summed E-state index contributed by atoms with van der Waals surface area (Å²) in [6, 6.07) is 5.70. The number of aromatic nitrogens is 2. The van der Waals surface area contributed by atoms with E-state index in [0.717, 1.165) is 22.8 Å². The van der Waals surface area contributed by atoms with Gasteiger partial charge in [-0.1, -0.05) is 17.4 Å². The predicted octanol–water partition coefficient (Wildman–Crippen LogP) is 2.84. The van der Waals surface area contributed by atoms with Crippen molar-refractivity contribution in [3.63, 3.8) is 0 Å². The van der Waals surface area contributed by atoms with Gasteiger partial charge in [-0.3, -0.25) is 10.1 Å². The van der Waals surface area contributed by atoms with Gasteiger partial charge in [0.1, 0.15) is 5.01 Å². The molecule has 0 aliphatic carbocycles. The molecule has 0 aliphatic rings. The van der Waals surface area contributed by atoms with Crippen LogP contribution in [0.5, 0.6) is 0 Å². The Hall–Kier alpha value is -1.95. The fraction of sp³-hybridized carbons (Fsp3) is 0.308. The maximum atomic E-state index is 12.2. The SMILES string of the molecule is CCNc1cc(C)ccc1C(=O)Nc1nnc(C)s1. The first-order valence-electron chi connectivity index (χ1n) is 6.06. The zero-order chi connectivity index (χ0) is 13.8. The Balaban J connectivity index is 2.23. The minimum Gasteiger partial charge on any atom is -0.385 e. The van der Waals surface area contributed by atoms with Crippen molar-refractivity contribution in [2.75, 3.05) is 17.2 Å². The van der Waals surface area contributed by atoms with Crippen LogP contribution >= 0.6 is 11.3 Å². The minimum absolute atomic E-state index is 0.174. The first kappa shape index (κ1) is 13.5. The van der Waals surface area contributed by atoms with Crippen molar-refractivity contribution in [2.24, 2.45) is 0 Å². The number of benzene rings is 1. The summed E-state index contributed by atoms with van der Waals surface area (Å²) in [5.41, 5.74) is 2.56. The van der Waals surface area contributed by atoms with Crippen molar-refractivity contribution in [1.29, 1.82) is 0 Å². The van der Waals surface area contributed by atoms with Gasteiger partial charge in [0.25, 0.3) is 5.91 Å². The molecule has 2 N–H and O–H groups in total. The van der Waals surface area contributed by atoms with E-state index in [1.165, 1.54) is 11.3 Å². The molecule has 1 amide bonds. The van der Waals surface area contributed by atoms with Gasteiger partial charge in [0, 0.05) is 12.2 Å². The van der Waals surface area contributed by atoms with Crippen LogP contribution in [0.25, 0.3) is 0 Å². The van der Waals surface area contributed by atoms with E-state index in [9.17, 15) is 4.79 Å². The quantitative estimate of drug-likeness (QED) is 0.901. The highest BCUT2D eigenvalue weighted by atomic mass is 32.1.